The fourth-order valence-corrected chi connectivity index (χ4v) is 1.55. The zero-order valence-corrected chi connectivity index (χ0v) is 10.9. The molecular weight excluding hydrogens is 218 g/mol. The number of hydrogen-bond donors (Lipinski definition) is 1. The Morgan fingerprint density at radius 1 is 1.18 bits per heavy atom. The molecular formula is C13H21NO3. The molecule has 0 radical (unpaired) electrons. The smallest absolute Gasteiger partial charge is 0.145 e. The van der Waals surface area contributed by atoms with Crippen molar-refractivity contribution < 1.29 is 14.2 Å². The van der Waals surface area contributed by atoms with Crippen molar-refractivity contribution >= 4 is 5.69 Å². The molecule has 0 heterocycles. The number of ether oxygens (including phenoxy) is 3. The van der Waals surface area contributed by atoms with E-state index in [9.17, 15) is 0 Å². The van der Waals surface area contributed by atoms with Crippen LogP contribution >= 0.6 is 0 Å². The minimum absolute atomic E-state index is 0.331. The largest absolute Gasteiger partial charge is 0.497 e. The fraction of sp³-hybridized carbons (Fsp3) is 0.538. The minimum Gasteiger partial charge on any atom is -0.497 e. The lowest BCUT2D eigenvalue weighted by atomic mass is 10.2. The Morgan fingerprint density at radius 3 is 2.53 bits per heavy atom. The van der Waals surface area contributed by atoms with Gasteiger partial charge >= 0.3 is 0 Å². The molecule has 0 fully saturated rings. The topological polar surface area (TPSA) is 39.7 Å². The van der Waals surface area contributed by atoms with Gasteiger partial charge in [-0.25, -0.2) is 0 Å². The van der Waals surface area contributed by atoms with Gasteiger partial charge in [-0.2, -0.15) is 0 Å². The van der Waals surface area contributed by atoms with Gasteiger partial charge in [-0.05, 0) is 25.5 Å². The van der Waals surface area contributed by atoms with E-state index in [0.29, 0.717) is 6.04 Å². The molecule has 0 bridgehead atoms. The third kappa shape index (κ3) is 4.15. The van der Waals surface area contributed by atoms with Gasteiger partial charge in [0.1, 0.15) is 11.5 Å². The predicted octanol–water partition coefficient (Wildman–Crippen LogP) is 2.54. The molecule has 1 aromatic rings. The molecule has 17 heavy (non-hydrogen) atoms. The van der Waals surface area contributed by atoms with E-state index in [2.05, 4.69) is 12.2 Å². The summed E-state index contributed by atoms with van der Waals surface area (Å²) < 4.78 is 15.5. The van der Waals surface area contributed by atoms with Gasteiger partial charge in [0, 0.05) is 25.8 Å². The maximum absolute atomic E-state index is 5.32. The molecule has 1 unspecified atom stereocenters. The third-order valence-electron chi connectivity index (χ3n) is 2.57. The first-order chi connectivity index (χ1) is 8.21. The lowest BCUT2D eigenvalue weighted by molar-refractivity contribution is 0.191. The Kier molecular flexibility index (Phi) is 5.63. The van der Waals surface area contributed by atoms with E-state index in [4.69, 9.17) is 14.2 Å². The molecule has 0 aliphatic heterocycles. The summed E-state index contributed by atoms with van der Waals surface area (Å²) >= 11 is 0. The van der Waals surface area contributed by atoms with Crippen molar-refractivity contribution in [2.45, 2.75) is 19.4 Å². The summed E-state index contributed by atoms with van der Waals surface area (Å²) in [5, 5.41) is 3.39. The van der Waals surface area contributed by atoms with Gasteiger partial charge in [0.05, 0.1) is 19.9 Å². The molecule has 1 atom stereocenters. The summed E-state index contributed by atoms with van der Waals surface area (Å²) in [6.45, 7) is 2.86. The molecule has 0 saturated heterocycles. The number of hydrogen-bond acceptors (Lipinski definition) is 4. The van der Waals surface area contributed by atoms with Crippen LogP contribution in [0.4, 0.5) is 5.69 Å². The van der Waals surface area contributed by atoms with Crippen LogP contribution in [0.2, 0.25) is 0 Å². The molecule has 1 rings (SSSR count). The van der Waals surface area contributed by atoms with Crippen molar-refractivity contribution in [3.8, 4) is 11.5 Å². The summed E-state index contributed by atoms with van der Waals surface area (Å²) in [7, 11) is 5.00. The van der Waals surface area contributed by atoms with Crippen molar-refractivity contribution in [2.75, 3.05) is 33.3 Å². The zero-order valence-electron chi connectivity index (χ0n) is 10.9. The van der Waals surface area contributed by atoms with Crippen molar-refractivity contribution in [1.29, 1.82) is 0 Å². The number of anilines is 1. The van der Waals surface area contributed by atoms with E-state index in [-0.39, 0.29) is 0 Å². The molecule has 0 saturated carbocycles. The highest BCUT2D eigenvalue weighted by Gasteiger charge is 2.08. The van der Waals surface area contributed by atoms with Crippen LogP contribution in [0.15, 0.2) is 18.2 Å². The highest BCUT2D eigenvalue weighted by Crippen LogP contribution is 2.29. The van der Waals surface area contributed by atoms with Gasteiger partial charge in [0.15, 0.2) is 0 Å². The second-order valence-corrected chi connectivity index (χ2v) is 3.89. The highest BCUT2D eigenvalue weighted by atomic mass is 16.5. The lowest BCUT2D eigenvalue weighted by Gasteiger charge is -2.17. The SMILES string of the molecule is COCCC(C)Nc1ccc(OC)cc1OC. The van der Waals surface area contributed by atoms with Crippen molar-refractivity contribution in [3.05, 3.63) is 18.2 Å². The predicted molar refractivity (Wildman–Crippen MR) is 69.1 cm³/mol. The van der Waals surface area contributed by atoms with Crippen LogP contribution in [-0.2, 0) is 4.74 Å². The third-order valence-corrected chi connectivity index (χ3v) is 2.57. The minimum atomic E-state index is 0.331. The number of nitrogens with one attached hydrogen (secondary N) is 1. The molecule has 0 aliphatic rings. The molecule has 0 aromatic heterocycles. The average Bonchev–Trinajstić information content (AvgIpc) is 2.36. The van der Waals surface area contributed by atoms with Crippen molar-refractivity contribution in [1.82, 2.24) is 0 Å². The van der Waals surface area contributed by atoms with Gasteiger partial charge < -0.3 is 19.5 Å². The summed E-state index contributed by atoms with van der Waals surface area (Å²) in [5.74, 6) is 1.57. The first kappa shape index (κ1) is 13.6. The van der Waals surface area contributed by atoms with Crippen LogP contribution in [0.5, 0.6) is 11.5 Å². The monoisotopic (exact) mass is 239 g/mol. The molecule has 4 heteroatoms. The number of methoxy groups -OCH3 is 3. The van der Waals surface area contributed by atoms with Crippen LogP contribution < -0.4 is 14.8 Å². The lowest BCUT2D eigenvalue weighted by Crippen LogP contribution is -2.17. The summed E-state index contributed by atoms with van der Waals surface area (Å²) in [5.41, 5.74) is 0.969. The van der Waals surface area contributed by atoms with Crippen LogP contribution in [0, 0.1) is 0 Å². The summed E-state index contributed by atoms with van der Waals surface area (Å²) in [6, 6.07) is 6.07. The van der Waals surface area contributed by atoms with Gasteiger partial charge in [-0.3, -0.25) is 0 Å². The Morgan fingerprint density at radius 2 is 1.94 bits per heavy atom. The first-order valence-electron chi connectivity index (χ1n) is 5.68. The molecule has 96 valence electrons. The first-order valence-corrected chi connectivity index (χ1v) is 5.68. The normalized spacial score (nSPS) is 12.0. The molecule has 1 N–H and O–H groups in total. The molecule has 4 nitrogen and oxygen atoms in total. The van der Waals surface area contributed by atoms with Crippen LogP contribution in [0.1, 0.15) is 13.3 Å². The zero-order chi connectivity index (χ0) is 12.7. The molecule has 0 amide bonds. The Balaban J connectivity index is 2.69. The second kappa shape index (κ2) is 7.01. The van der Waals surface area contributed by atoms with Gasteiger partial charge in [-0.1, -0.05) is 0 Å². The quantitative estimate of drug-likeness (QED) is 0.793. The number of benzene rings is 1. The fourth-order valence-electron chi connectivity index (χ4n) is 1.55. The summed E-state index contributed by atoms with van der Waals surface area (Å²) in [4.78, 5) is 0. The summed E-state index contributed by atoms with van der Waals surface area (Å²) in [6.07, 6.45) is 0.950. The van der Waals surface area contributed by atoms with Gasteiger partial charge in [0.2, 0.25) is 0 Å². The van der Waals surface area contributed by atoms with Crippen molar-refractivity contribution in [2.24, 2.45) is 0 Å². The molecule has 0 aliphatic carbocycles. The second-order valence-electron chi connectivity index (χ2n) is 3.89. The van der Waals surface area contributed by atoms with Gasteiger partial charge in [0.25, 0.3) is 0 Å². The highest BCUT2D eigenvalue weighted by molar-refractivity contribution is 5.59. The van der Waals surface area contributed by atoms with E-state index in [0.717, 1.165) is 30.2 Å². The van der Waals surface area contributed by atoms with E-state index in [1.807, 2.05) is 18.2 Å². The van der Waals surface area contributed by atoms with E-state index >= 15 is 0 Å². The average molecular weight is 239 g/mol. The van der Waals surface area contributed by atoms with E-state index in [1.54, 1.807) is 21.3 Å². The Hall–Kier alpha value is -1.42. The maximum atomic E-state index is 5.32. The van der Waals surface area contributed by atoms with Crippen LogP contribution in [0.3, 0.4) is 0 Å². The standard InChI is InChI=1S/C13H21NO3/c1-10(7-8-15-2)14-12-6-5-11(16-3)9-13(12)17-4/h5-6,9-10,14H,7-8H2,1-4H3. The van der Waals surface area contributed by atoms with Gasteiger partial charge in [-0.15, -0.1) is 0 Å². The number of rotatable bonds is 7. The molecule has 0 spiro atoms. The van der Waals surface area contributed by atoms with Crippen LogP contribution in [-0.4, -0.2) is 34.0 Å². The Labute approximate surface area is 103 Å². The Bertz CT molecular complexity index is 341. The molecule has 1 aromatic carbocycles. The van der Waals surface area contributed by atoms with Crippen molar-refractivity contribution in [3.63, 3.8) is 0 Å². The van der Waals surface area contributed by atoms with E-state index in [1.165, 1.54) is 0 Å². The maximum Gasteiger partial charge on any atom is 0.145 e. The van der Waals surface area contributed by atoms with E-state index < -0.39 is 0 Å². The van der Waals surface area contributed by atoms with Crippen LogP contribution in [0.25, 0.3) is 0 Å².